The van der Waals surface area contributed by atoms with Gasteiger partial charge in [-0.05, 0) is 116 Å². The van der Waals surface area contributed by atoms with Crippen LogP contribution < -0.4 is 0 Å². The van der Waals surface area contributed by atoms with Crippen molar-refractivity contribution in [1.29, 1.82) is 0 Å². The Morgan fingerprint density at radius 2 is 0.500 bits per heavy atom. The second-order valence-corrected chi connectivity index (χ2v) is 30.3. The minimum absolute atomic E-state index is 0.0253. The lowest BCUT2D eigenvalue weighted by atomic mass is 10.0. The number of allylic oxidation sites excluding steroid dienone is 14. The molecule has 17 nitrogen and oxygen atoms in total. The number of hydrogen-bond acceptors (Lipinski definition) is 15. The number of carbonyl (C=O) groups is 4. The first-order valence-corrected chi connectivity index (χ1v) is 43.8. The highest BCUT2D eigenvalue weighted by Crippen LogP contribution is 2.45. The lowest BCUT2D eigenvalue weighted by molar-refractivity contribution is -0.161. The van der Waals surface area contributed by atoms with E-state index >= 15 is 0 Å². The van der Waals surface area contributed by atoms with Crippen LogP contribution in [-0.2, 0) is 65.4 Å². The van der Waals surface area contributed by atoms with Crippen molar-refractivity contribution in [3.05, 3.63) is 85.1 Å². The third-order valence-electron chi connectivity index (χ3n) is 17.3. The van der Waals surface area contributed by atoms with Crippen LogP contribution in [0.25, 0.3) is 0 Å². The van der Waals surface area contributed by atoms with Gasteiger partial charge in [0.05, 0.1) is 26.4 Å². The number of phosphoric acid groups is 2. The van der Waals surface area contributed by atoms with Crippen LogP contribution in [-0.4, -0.2) is 96.7 Å². The van der Waals surface area contributed by atoms with Crippen LogP contribution in [0, 0.1) is 0 Å². The number of aliphatic hydroxyl groups is 1. The molecule has 0 saturated heterocycles. The van der Waals surface area contributed by atoms with E-state index in [0.717, 1.165) is 135 Å². The van der Waals surface area contributed by atoms with Gasteiger partial charge in [-0.15, -0.1) is 0 Å². The number of ether oxygens (including phenoxy) is 4. The van der Waals surface area contributed by atoms with E-state index in [4.69, 9.17) is 37.0 Å². The summed E-state index contributed by atoms with van der Waals surface area (Å²) in [7, 11) is -9.97. The van der Waals surface area contributed by atoms with Crippen molar-refractivity contribution in [3.8, 4) is 0 Å². The van der Waals surface area contributed by atoms with Gasteiger partial charge in [-0.1, -0.05) is 305 Å². The van der Waals surface area contributed by atoms with Crippen LogP contribution in [0.1, 0.15) is 362 Å². The van der Waals surface area contributed by atoms with Gasteiger partial charge in [0, 0.05) is 25.7 Å². The standard InChI is InChI=1S/C83H148O17P2/c1-5-9-13-17-21-25-29-33-36-37-38-39-42-46-50-54-58-62-66-70-83(88)100-78(73-93-80(85)67-63-59-55-51-47-43-32-28-24-20-16-12-8-4)75-97-101(89,90)95-71-77(84)72-96-102(91,92)98-76-79(99-82(87)69-65-61-57-53-49-45-41-35-31-27-23-19-15-11-7-3)74-94-81(86)68-64-60-56-52-48-44-40-34-30-26-22-18-14-10-6-2/h21,25-27,30-31,33,36,38-39,46,50,58,62,77-79,84H,5-20,22-24,28-29,32,34-35,37,40-45,47-49,51-57,59-61,63-76H2,1-4H3,(H,89,90)(H,91,92)/b25-21-,30-26-,31-27-,36-33-,39-38-,50-46-,62-58-/t77-,78+,79+/m0/s1. The lowest BCUT2D eigenvalue weighted by Crippen LogP contribution is -2.30. The Kier molecular flexibility index (Phi) is 72.7. The normalized spacial score (nSPS) is 14.3. The highest BCUT2D eigenvalue weighted by atomic mass is 31.2. The quantitative estimate of drug-likeness (QED) is 0.0169. The molecule has 0 radical (unpaired) electrons. The molecule has 0 aliphatic carbocycles. The molecular formula is C83H148O17P2. The van der Waals surface area contributed by atoms with E-state index in [1.807, 2.05) is 18.2 Å². The molecule has 0 aromatic rings. The van der Waals surface area contributed by atoms with E-state index in [9.17, 15) is 43.2 Å². The Morgan fingerprint density at radius 1 is 0.275 bits per heavy atom. The Balaban J connectivity index is 5.40. The van der Waals surface area contributed by atoms with Gasteiger partial charge in [0.1, 0.15) is 19.3 Å². The molecule has 0 rings (SSSR count). The smallest absolute Gasteiger partial charge is 0.462 e. The van der Waals surface area contributed by atoms with Gasteiger partial charge < -0.3 is 33.8 Å². The maximum absolute atomic E-state index is 13.1. The van der Waals surface area contributed by atoms with Crippen LogP contribution in [0.5, 0.6) is 0 Å². The molecule has 0 heterocycles. The zero-order valence-corrected chi connectivity index (χ0v) is 66.6. The molecule has 0 aliphatic rings. The fourth-order valence-corrected chi connectivity index (χ4v) is 12.7. The second kappa shape index (κ2) is 75.5. The van der Waals surface area contributed by atoms with Crippen molar-refractivity contribution >= 4 is 39.5 Å². The molecule has 592 valence electrons. The number of rotatable bonds is 77. The molecule has 0 bridgehead atoms. The van der Waals surface area contributed by atoms with Crippen molar-refractivity contribution in [2.75, 3.05) is 39.6 Å². The third kappa shape index (κ3) is 74.5. The van der Waals surface area contributed by atoms with Gasteiger partial charge in [-0.3, -0.25) is 37.3 Å². The summed E-state index contributed by atoms with van der Waals surface area (Å²) in [5.74, 6) is -2.25. The first-order chi connectivity index (χ1) is 49.7. The van der Waals surface area contributed by atoms with Crippen LogP contribution in [0.4, 0.5) is 0 Å². The highest BCUT2D eigenvalue weighted by molar-refractivity contribution is 7.47. The highest BCUT2D eigenvalue weighted by Gasteiger charge is 2.30. The zero-order chi connectivity index (χ0) is 74.6. The summed E-state index contributed by atoms with van der Waals surface area (Å²) < 4.78 is 68.6. The predicted molar refractivity (Wildman–Crippen MR) is 418 cm³/mol. The van der Waals surface area contributed by atoms with Crippen molar-refractivity contribution in [3.63, 3.8) is 0 Å². The maximum Gasteiger partial charge on any atom is 0.472 e. The first-order valence-electron chi connectivity index (χ1n) is 40.8. The monoisotopic (exact) mass is 1480 g/mol. The molecule has 0 aliphatic heterocycles. The Bertz CT molecular complexity index is 2260. The fraction of sp³-hybridized carbons (Fsp3) is 0.783. The van der Waals surface area contributed by atoms with Gasteiger partial charge in [-0.25, -0.2) is 9.13 Å². The maximum atomic E-state index is 13.1. The second-order valence-electron chi connectivity index (χ2n) is 27.4. The summed E-state index contributed by atoms with van der Waals surface area (Å²) >= 11 is 0. The molecule has 102 heavy (non-hydrogen) atoms. The lowest BCUT2D eigenvalue weighted by Gasteiger charge is -2.21. The average Bonchev–Trinajstić information content (AvgIpc) is 0.924. The van der Waals surface area contributed by atoms with Gasteiger partial charge in [0.25, 0.3) is 0 Å². The van der Waals surface area contributed by atoms with Crippen LogP contribution in [0.2, 0.25) is 0 Å². The molecule has 3 N–H and O–H groups in total. The number of unbranched alkanes of at least 4 members (excludes halogenated alkanes) is 37. The van der Waals surface area contributed by atoms with Crippen LogP contribution in [0.15, 0.2) is 85.1 Å². The van der Waals surface area contributed by atoms with E-state index in [2.05, 4.69) is 94.5 Å². The third-order valence-corrected chi connectivity index (χ3v) is 19.2. The Hall–Kier alpha value is -3.76. The van der Waals surface area contributed by atoms with Crippen molar-refractivity contribution < 1.29 is 80.2 Å². The number of phosphoric ester groups is 2. The summed E-state index contributed by atoms with van der Waals surface area (Å²) in [5, 5.41) is 10.6. The van der Waals surface area contributed by atoms with E-state index in [-0.39, 0.29) is 25.7 Å². The summed E-state index contributed by atoms with van der Waals surface area (Å²) in [6.07, 6.45) is 78.5. The van der Waals surface area contributed by atoms with E-state index < -0.39 is 97.5 Å². The predicted octanol–water partition coefficient (Wildman–Crippen LogP) is 23.8. The molecule has 0 amide bonds. The molecular weight excluding hydrogens is 1330 g/mol. The van der Waals surface area contributed by atoms with Crippen LogP contribution >= 0.6 is 15.6 Å². The summed E-state index contributed by atoms with van der Waals surface area (Å²) in [6, 6.07) is 0. The molecule has 0 aromatic heterocycles. The van der Waals surface area contributed by atoms with E-state index in [0.29, 0.717) is 32.1 Å². The van der Waals surface area contributed by atoms with Gasteiger partial charge in [-0.2, -0.15) is 0 Å². The molecule has 0 aromatic carbocycles. The topological polar surface area (TPSA) is 237 Å². The summed E-state index contributed by atoms with van der Waals surface area (Å²) in [6.45, 7) is 4.79. The Labute approximate surface area is 621 Å². The van der Waals surface area contributed by atoms with Crippen molar-refractivity contribution in [2.45, 2.75) is 380 Å². The molecule has 0 fully saturated rings. The van der Waals surface area contributed by atoms with Crippen molar-refractivity contribution in [2.24, 2.45) is 0 Å². The summed E-state index contributed by atoms with van der Waals surface area (Å²) in [4.78, 5) is 73.0. The first kappa shape index (κ1) is 98.2. The van der Waals surface area contributed by atoms with E-state index in [1.54, 1.807) is 0 Å². The Morgan fingerprint density at radius 3 is 0.833 bits per heavy atom. The molecule has 5 atom stereocenters. The minimum Gasteiger partial charge on any atom is -0.462 e. The fourth-order valence-electron chi connectivity index (χ4n) is 11.1. The molecule has 19 heteroatoms. The van der Waals surface area contributed by atoms with Gasteiger partial charge in [0.2, 0.25) is 0 Å². The number of hydrogen-bond donors (Lipinski definition) is 3. The largest absolute Gasteiger partial charge is 0.472 e. The zero-order valence-electron chi connectivity index (χ0n) is 64.8. The number of esters is 4. The molecule has 0 saturated carbocycles. The number of aliphatic hydroxyl groups excluding tert-OH is 1. The molecule has 0 spiro atoms. The van der Waals surface area contributed by atoms with Gasteiger partial charge >= 0.3 is 39.5 Å². The minimum atomic E-state index is -4.99. The summed E-state index contributed by atoms with van der Waals surface area (Å²) in [5.41, 5.74) is 0. The molecule has 2 unspecified atom stereocenters. The van der Waals surface area contributed by atoms with Gasteiger partial charge in [0.15, 0.2) is 12.2 Å². The average molecular weight is 1480 g/mol. The SMILES string of the molecule is CCCCC/C=C\C/C=C\C/C=C\C/C=C\C/C=C\CCC(=O)O[C@H](COC(=O)CCCCCCCCCCCCCCC)COP(=O)(O)OC[C@H](O)COP(=O)(O)OC[C@@H](COC(=O)CCCCCCCCC/C=C\CCCCCC)OC(=O)CCCCCCCCC/C=C\CCCCCC. The van der Waals surface area contributed by atoms with E-state index in [1.165, 1.54) is 141 Å². The van der Waals surface area contributed by atoms with Crippen molar-refractivity contribution in [1.82, 2.24) is 0 Å². The number of carbonyl (C=O) groups excluding carboxylic acids is 4. The van der Waals surface area contributed by atoms with Crippen LogP contribution in [0.3, 0.4) is 0 Å².